The lowest BCUT2D eigenvalue weighted by Crippen LogP contribution is -2.22. The summed E-state index contributed by atoms with van der Waals surface area (Å²) in [6.07, 6.45) is 1.67. The van der Waals surface area contributed by atoms with Gasteiger partial charge in [0.15, 0.2) is 0 Å². The predicted octanol–water partition coefficient (Wildman–Crippen LogP) is 4.48. The van der Waals surface area contributed by atoms with Crippen LogP contribution in [0.3, 0.4) is 0 Å². The van der Waals surface area contributed by atoms with Crippen molar-refractivity contribution in [2.24, 2.45) is 0 Å². The first-order chi connectivity index (χ1) is 11.6. The summed E-state index contributed by atoms with van der Waals surface area (Å²) < 4.78 is 16.8. The molecule has 2 aliphatic heterocycles. The van der Waals surface area contributed by atoms with E-state index in [1.54, 1.807) is 0 Å². The number of aryl methyl sites for hydroxylation is 2. The standard InChI is InChI=1S/C20H18O4/c1-4-5-13-9-16-18(19-17(13)20(21)23-10-22-19)15-8-11(2)6-7-14(15)12(3)24-16/h6-9H,3-5,10H2,1-2H3. The molecule has 0 amide bonds. The molecule has 2 aliphatic rings. The molecule has 2 aromatic carbocycles. The van der Waals surface area contributed by atoms with Gasteiger partial charge in [0, 0.05) is 11.1 Å². The summed E-state index contributed by atoms with van der Waals surface area (Å²) in [6, 6.07) is 8.00. The summed E-state index contributed by atoms with van der Waals surface area (Å²) in [5.74, 6) is 1.53. The fourth-order valence-electron chi connectivity index (χ4n) is 3.37. The van der Waals surface area contributed by atoms with Crippen molar-refractivity contribution in [1.82, 2.24) is 0 Å². The molecule has 122 valence electrons. The Hall–Kier alpha value is -2.75. The minimum absolute atomic E-state index is 0.0735. The summed E-state index contributed by atoms with van der Waals surface area (Å²) in [5, 5.41) is 0. The second-order valence-electron chi connectivity index (χ2n) is 6.13. The summed E-state index contributed by atoms with van der Waals surface area (Å²) in [7, 11) is 0. The molecule has 0 fully saturated rings. The van der Waals surface area contributed by atoms with Crippen LogP contribution in [-0.4, -0.2) is 12.8 Å². The van der Waals surface area contributed by atoms with Crippen molar-refractivity contribution < 1.29 is 19.0 Å². The van der Waals surface area contributed by atoms with Gasteiger partial charge in [-0.1, -0.05) is 43.7 Å². The van der Waals surface area contributed by atoms with Crippen LogP contribution in [-0.2, 0) is 11.2 Å². The first-order valence-electron chi connectivity index (χ1n) is 8.08. The van der Waals surface area contributed by atoms with E-state index in [-0.39, 0.29) is 12.8 Å². The molecule has 0 saturated carbocycles. The van der Waals surface area contributed by atoms with Crippen LogP contribution in [0, 0.1) is 6.92 Å². The Kier molecular flexibility index (Phi) is 3.34. The molecule has 0 radical (unpaired) electrons. The van der Waals surface area contributed by atoms with Gasteiger partial charge in [0.1, 0.15) is 22.8 Å². The van der Waals surface area contributed by atoms with Gasteiger partial charge in [-0.25, -0.2) is 4.79 Å². The van der Waals surface area contributed by atoms with Crippen LogP contribution in [0.2, 0.25) is 0 Å². The number of cyclic esters (lactones) is 1. The Morgan fingerprint density at radius 1 is 1.12 bits per heavy atom. The topological polar surface area (TPSA) is 44.8 Å². The van der Waals surface area contributed by atoms with Crippen molar-refractivity contribution in [3.05, 3.63) is 53.1 Å². The second kappa shape index (κ2) is 5.41. The van der Waals surface area contributed by atoms with Crippen molar-refractivity contribution in [2.45, 2.75) is 26.7 Å². The molecule has 0 saturated heterocycles. The lowest BCUT2D eigenvalue weighted by Gasteiger charge is -2.29. The normalized spacial score (nSPS) is 14.8. The van der Waals surface area contributed by atoms with E-state index in [1.807, 2.05) is 25.1 Å². The fraction of sp³-hybridized carbons (Fsp3) is 0.250. The quantitative estimate of drug-likeness (QED) is 0.765. The molecule has 4 rings (SSSR count). The maximum absolute atomic E-state index is 12.3. The molecule has 0 aliphatic carbocycles. The highest BCUT2D eigenvalue weighted by Crippen LogP contribution is 2.50. The fourth-order valence-corrected chi connectivity index (χ4v) is 3.37. The van der Waals surface area contributed by atoms with Crippen LogP contribution in [0.5, 0.6) is 11.5 Å². The van der Waals surface area contributed by atoms with Gasteiger partial charge in [-0.2, -0.15) is 0 Å². The van der Waals surface area contributed by atoms with Crippen LogP contribution < -0.4 is 9.47 Å². The molecule has 0 bridgehead atoms. The van der Waals surface area contributed by atoms with Gasteiger partial charge >= 0.3 is 5.97 Å². The van der Waals surface area contributed by atoms with E-state index in [1.165, 1.54) is 0 Å². The highest BCUT2D eigenvalue weighted by molar-refractivity contribution is 6.01. The van der Waals surface area contributed by atoms with Crippen LogP contribution in [0.1, 0.15) is 40.4 Å². The highest BCUT2D eigenvalue weighted by Gasteiger charge is 2.33. The molecule has 0 atom stereocenters. The first-order valence-corrected chi connectivity index (χ1v) is 8.08. The van der Waals surface area contributed by atoms with Crippen LogP contribution in [0.4, 0.5) is 0 Å². The Morgan fingerprint density at radius 2 is 1.96 bits per heavy atom. The Labute approximate surface area is 140 Å². The third-order valence-electron chi connectivity index (χ3n) is 4.42. The lowest BCUT2D eigenvalue weighted by atomic mass is 9.88. The number of carbonyl (C=O) groups excluding carboxylic acids is 1. The van der Waals surface area contributed by atoms with Gasteiger partial charge < -0.3 is 14.2 Å². The van der Waals surface area contributed by atoms with Gasteiger partial charge in [-0.15, -0.1) is 0 Å². The third kappa shape index (κ3) is 2.10. The van der Waals surface area contributed by atoms with E-state index in [9.17, 15) is 4.79 Å². The van der Waals surface area contributed by atoms with E-state index in [0.29, 0.717) is 22.8 Å². The Balaban J connectivity index is 2.06. The SMILES string of the molecule is C=C1Oc2cc(CCC)c3c(c2-c2cc(C)ccc21)OCOC3=O. The zero-order chi connectivity index (χ0) is 16.8. The third-order valence-corrected chi connectivity index (χ3v) is 4.42. The minimum Gasteiger partial charge on any atom is -0.457 e. The molecule has 0 N–H and O–H groups in total. The largest absolute Gasteiger partial charge is 0.457 e. The molecule has 4 heteroatoms. The van der Waals surface area contributed by atoms with Crippen LogP contribution >= 0.6 is 0 Å². The summed E-state index contributed by atoms with van der Waals surface area (Å²) in [6.45, 7) is 8.06. The molecule has 0 spiro atoms. The average Bonchev–Trinajstić information content (AvgIpc) is 2.54. The van der Waals surface area contributed by atoms with Gasteiger partial charge in [-0.3, -0.25) is 0 Å². The number of benzene rings is 2. The van der Waals surface area contributed by atoms with Crippen molar-refractivity contribution >= 4 is 11.7 Å². The van der Waals surface area contributed by atoms with E-state index in [0.717, 1.165) is 40.7 Å². The molecule has 2 heterocycles. The number of hydrogen-bond acceptors (Lipinski definition) is 4. The smallest absolute Gasteiger partial charge is 0.345 e. The molecule has 4 nitrogen and oxygen atoms in total. The monoisotopic (exact) mass is 322 g/mol. The molecular weight excluding hydrogens is 304 g/mol. The van der Waals surface area contributed by atoms with Crippen molar-refractivity contribution in [3.63, 3.8) is 0 Å². The van der Waals surface area contributed by atoms with E-state index < -0.39 is 0 Å². The predicted molar refractivity (Wildman–Crippen MR) is 91.2 cm³/mol. The molecule has 24 heavy (non-hydrogen) atoms. The first kappa shape index (κ1) is 14.8. The van der Waals surface area contributed by atoms with Gasteiger partial charge in [0.2, 0.25) is 6.79 Å². The maximum Gasteiger partial charge on any atom is 0.345 e. The van der Waals surface area contributed by atoms with Crippen molar-refractivity contribution in [2.75, 3.05) is 6.79 Å². The van der Waals surface area contributed by atoms with Gasteiger partial charge in [0.25, 0.3) is 0 Å². The number of ether oxygens (including phenoxy) is 3. The van der Waals surface area contributed by atoms with E-state index >= 15 is 0 Å². The number of rotatable bonds is 2. The number of esters is 1. The van der Waals surface area contributed by atoms with Gasteiger partial charge in [-0.05, 0) is 25.0 Å². The zero-order valence-electron chi connectivity index (χ0n) is 13.8. The zero-order valence-corrected chi connectivity index (χ0v) is 13.8. The van der Waals surface area contributed by atoms with Gasteiger partial charge in [0.05, 0.1) is 5.56 Å². The Bertz CT molecular complexity index is 880. The van der Waals surface area contributed by atoms with Crippen molar-refractivity contribution in [3.8, 4) is 22.6 Å². The second-order valence-corrected chi connectivity index (χ2v) is 6.13. The van der Waals surface area contributed by atoms with Crippen molar-refractivity contribution in [1.29, 1.82) is 0 Å². The van der Waals surface area contributed by atoms with Crippen LogP contribution in [0.15, 0.2) is 30.8 Å². The summed E-state index contributed by atoms with van der Waals surface area (Å²) in [5.41, 5.74) is 5.24. The molecular formula is C20H18O4. The molecule has 0 unspecified atom stereocenters. The summed E-state index contributed by atoms with van der Waals surface area (Å²) in [4.78, 5) is 12.3. The Morgan fingerprint density at radius 3 is 2.75 bits per heavy atom. The molecule has 0 aromatic heterocycles. The number of carbonyl (C=O) groups is 1. The molecule has 2 aromatic rings. The average molecular weight is 322 g/mol. The highest BCUT2D eigenvalue weighted by atomic mass is 16.7. The van der Waals surface area contributed by atoms with E-state index in [4.69, 9.17) is 14.2 Å². The van der Waals surface area contributed by atoms with E-state index in [2.05, 4.69) is 19.6 Å². The van der Waals surface area contributed by atoms with Crippen LogP contribution in [0.25, 0.3) is 16.9 Å². The summed E-state index contributed by atoms with van der Waals surface area (Å²) >= 11 is 0. The maximum atomic E-state index is 12.3. The number of fused-ring (bicyclic) bond motifs is 5. The number of hydrogen-bond donors (Lipinski definition) is 0. The lowest BCUT2D eigenvalue weighted by molar-refractivity contribution is 0.00487. The minimum atomic E-state index is -0.332.